The third kappa shape index (κ3) is 4.43. The first-order valence-corrected chi connectivity index (χ1v) is 17.4. The Morgan fingerprint density at radius 2 is 1.02 bits per heavy atom. The molecule has 47 heavy (non-hydrogen) atoms. The molecule has 3 heterocycles. The number of unbranched alkanes of at least 4 members (excludes halogenated alkanes) is 6. The van der Waals surface area contributed by atoms with Crippen molar-refractivity contribution in [1.29, 1.82) is 0 Å². The van der Waals surface area contributed by atoms with E-state index in [0.717, 1.165) is 113 Å². The van der Waals surface area contributed by atoms with Crippen LogP contribution in [-0.4, -0.2) is 24.4 Å². The highest BCUT2D eigenvalue weighted by Gasteiger charge is 2.24. The smallest absolute Gasteiger partial charge is 0.271 e. The molecule has 0 bridgehead atoms. The van der Waals surface area contributed by atoms with E-state index in [1.807, 2.05) is 42.5 Å². The van der Waals surface area contributed by atoms with Gasteiger partial charge < -0.3 is 0 Å². The fourth-order valence-electron chi connectivity index (χ4n) is 8.09. The van der Waals surface area contributed by atoms with Crippen LogP contribution in [0.3, 0.4) is 0 Å². The average Bonchev–Trinajstić information content (AvgIpc) is 3.08. The lowest BCUT2D eigenvalue weighted by molar-refractivity contribution is 0.384. The first-order valence-electron chi connectivity index (χ1n) is 17.0. The zero-order valence-electron chi connectivity index (χ0n) is 26.7. The lowest BCUT2D eigenvalue weighted by atomic mass is 9.86. The number of nitrogens with zero attached hydrogens (tertiary/aromatic N) is 3. The van der Waals surface area contributed by atoms with Gasteiger partial charge in [0, 0.05) is 33.0 Å². The van der Waals surface area contributed by atoms with Gasteiger partial charge in [0.1, 0.15) is 0 Å². The summed E-state index contributed by atoms with van der Waals surface area (Å²) < 4.78 is 3.24. The van der Waals surface area contributed by atoms with Gasteiger partial charge in [0.15, 0.2) is 5.65 Å². The van der Waals surface area contributed by atoms with E-state index in [1.165, 1.54) is 4.52 Å². The summed E-state index contributed by atoms with van der Waals surface area (Å²) in [5.74, 6) is 0. The van der Waals surface area contributed by atoms with Crippen LogP contribution in [0, 0.1) is 4.77 Å². The average molecular weight is 644 g/mol. The molecule has 8 aromatic rings. The third-order valence-electron chi connectivity index (χ3n) is 10.3. The maximum atomic E-state index is 14.4. The minimum Gasteiger partial charge on any atom is -0.271 e. The number of benzene rings is 5. The Morgan fingerprint density at radius 1 is 0.596 bits per heavy atom. The highest BCUT2D eigenvalue weighted by atomic mass is 32.1. The standard InChI is InChI=1S/C38H37N5O3S/c1-3-5-7-9-11-21(12-10-8-6-4-2)42-35(44)27-18-14-24-22-13-17-26-32-29(37(46)43-34(26)39-40-38(47)41-43)20-16-23(30(22)32)25-15-19-28(36(42)45)33(27)31(24)25/h13-21H,3-12H2,1-2H3,(H2,40,41,47). The number of aromatic amines is 2. The molecule has 0 atom stereocenters. The number of hydrogen-bond acceptors (Lipinski definition) is 5. The van der Waals surface area contributed by atoms with E-state index in [9.17, 15) is 14.4 Å². The van der Waals surface area contributed by atoms with Crippen molar-refractivity contribution in [3.63, 3.8) is 0 Å². The molecule has 0 spiro atoms. The molecule has 0 amide bonds. The fraction of sp³-hybridized carbons (Fsp3) is 0.342. The molecule has 0 fully saturated rings. The van der Waals surface area contributed by atoms with Crippen LogP contribution in [0.25, 0.3) is 70.3 Å². The number of fused-ring (bicyclic) bond motifs is 4. The predicted molar refractivity (Wildman–Crippen MR) is 195 cm³/mol. The zero-order chi connectivity index (χ0) is 32.4. The SMILES string of the molecule is CCCCCCC(CCCCCC)n1c(=O)c2ccc3c4ccc5c(=O)n6[nH]c(=S)[nH]nc6c6ccc(c7ccc(c1=O)c2c37)c4c56. The largest absolute Gasteiger partial charge is 0.279 e. The van der Waals surface area contributed by atoms with Crippen molar-refractivity contribution in [2.45, 2.75) is 84.1 Å². The number of rotatable bonds is 11. The van der Waals surface area contributed by atoms with E-state index in [2.05, 4.69) is 35.2 Å². The molecule has 0 aliphatic carbocycles. The first kappa shape index (κ1) is 29.8. The van der Waals surface area contributed by atoms with Crippen LogP contribution in [0.5, 0.6) is 0 Å². The van der Waals surface area contributed by atoms with Crippen molar-refractivity contribution in [3.05, 3.63) is 84.4 Å². The maximum absolute atomic E-state index is 14.4. The summed E-state index contributed by atoms with van der Waals surface area (Å²) in [6.07, 6.45) is 10.6. The van der Waals surface area contributed by atoms with Gasteiger partial charge in [-0.2, -0.15) is 9.61 Å². The van der Waals surface area contributed by atoms with E-state index in [-0.39, 0.29) is 27.5 Å². The minimum absolute atomic E-state index is 0.103. The molecule has 9 heteroatoms. The Bertz CT molecular complexity index is 2630. The summed E-state index contributed by atoms with van der Waals surface area (Å²) >= 11 is 5.21. The number of pyridine rings is 2. The molecular weight excluding hydrogens is 607 g/mol. The van der Waals surface area contributed by atoms with Gasteiger partial charge in [0.05, 0.1) is 5.39 Å². The van der Waals surface area contributed by atoms with Crippen LogP contribution in [0.2, 0.25) is 0 Å². The van der Waals surface area contributed by atoms with Gasteiger partial charge in [0.2, 0.25) is 4.77 Å². The monoisotopic (exact) mass is 643 g/mol. The Hall–Kier alpha value is -4.63. The molecule has 8 nitrogen and oxygen atoms in total. The second-order valence-electron chi connectivity index (χ2n) is 13.1. The molecule has 0 saturated heterocycles. The molecule has 0 radical (unpaired) electrons. The molecule has 8 rings (SSSR count). The summed E-state index contributed by atoms with van der Waals surface area (Å²) in [4.78, 5) is 42.4. The van der Waals surface area contributed by atoms with Crippen LogP contribution in [-0.2, 0) is 0 Å². The molecule has 5 aromatic carbocycles. The first-order chi connectivity index (χ1) is 22.9. The van der Waals surface area contributed by atoms with Crippen LogP contribution in [0.1, 0.15) is 84.1 Å². The highest BCUT2D eigenvalue weighted by molar-refractivity contribution is 7.71. The van der Waals surface area contributed by atoms with E-state index in [1.54, 1.807) is 4.57 Å². The molecule has 2 N–H and O–H groups in total. The van der Waals surface area contributed by atoms with Crippen LogP contribution >= 0.6 is 12.2 Å². The quantitative estimate of drug-likeness (QED) is 0.0634. The number of nitrogens with one attached hydrogen (secondary N) is 2. The van der Waals surface area contributed by atoms with Gasteiger partial charge in [-0.3, -0.25) is 29.1 Å². The van der Waals surface area contributed by atoms with Crippen LogP contribution in [0.15, 0.2) is 62.9 Å². The number of hydrogen-bond donors (Lipinski definition) is 2. The highest BCUT2D eigenvalue weighted by Crippen LogP contribution is 2.44. The van der Waals surface area contributed by atoms with E-state index < -0.39 is 0 Å². The van der Waals surface area contributed by atoms with Gasteiger partial charge in [-0.25, -0.2) is 0 Å². The molecule has 0 unspecified atom stereocenters. The molecule has 0 aliphatic heterocycles. The summed E-state index contributed by atoms with van der Waals surface area (Å²) in [7, 11) is 0. The van der Waals surface area contributed by atoms with Gasteiger partial charge >= 0.3 is 0 Å². The fourth-order valence-corrected chi connectivity index (χ4v) is 8.23. The zero-order valence-corrected chi connectivity index (χ0v) is 27.6. The Labute approximate surface area is 274 Å². The summed E-state index contributed by atoms with van der Waals surface area (Å²) in [5, 5.41) is 20.0. The third-order valence-corrected chi connectivity index (χ3v) is 10.5. The van der Waals surface area contributed by atoms with E-state index in [0.29, 0.717) is 21.8 Å². The molecular formula is C38H37N5O3S. The van der Waals surface area contributed by atoms with Gasteiger partial charge in [-0.1, -0.05) is 89.5 Å². The summed E-state index contributed by atoms with van der Waals surface area (Å²) in [6.45, 7) is 4.40. The molecule has 238 valence electrons. The van der Waals surface area contributed by atoms with E-state index >= 15 is 0 Å². The van der Waals surface area contributed by atoms with Crippen molar-refractivity contribution in [2.24, 2.45) is 0 Å². The van der Waals surface area contributed by atoms with Gasteiger partial charge in [0.25, 0.3) is 16.7 Å². The number of H-pyrrole nitrogens is 2. The summed E-state index contributed by atoms with van der Waals surface area (Å²) in [5.41, 5.74) is -0.129. The van der Waals surface area contributed by atoms with Crippen LogP contribution < -0.4 is 16.7 Å². The predicted octanol–water partition coefficient (Wildman–Crippen LogP) is 8.88. The van der Waals surface area contributed by atoms with Gasteiger partial charge in [-0.15, -0.1) is 0 Å². The van der Waals surface area contributed by atoms with Crippen molar-refractivity contribution in [1.82, 2.24) is 24.4 Å². The van der Waals surface area contributed by atoms with Crippen LogP contribution in [0.4, 0.5) is 0 Å². The minimum atomic E-state index is -0.227. The Balaban J connectivity index is 1.40. The second kappa shape index (κ2) is 11.6. The van der Waals surface area contributed by atoms with Crippen molar-refractivity contribution < 1.29 is 0 Å². The molecule has 0 saturated carbocycles. The topological polar surface area (TPSA) is 105 Å². The van der Waals surface area contributed by atoms with E-state index in [4.69, 9.17) is 12.2 Å². The maximum Gasteiger partial charge on any atom is 0.279 e. The Morgan fingerprint density at radius 3 is 1.53 bits per heavy atom. The molecule has 3 aromatic heterocycles. The van der Waals surface area contributed by atoms with Gasteiger partial charge in [-0.05, 0) is 81.6 Å². The lowest BCUT2D eigenvalue weighted by Gasteiger charge is -2.22. The lowest BCUT2D eigenvalue weighted by Crippen LogP contribution is -2.36. The Kier molecular flexibility index (Phi) is 7.32. The van der Waals surface area contributed by atoms with Crippen molar-refractivity contribution >= 4 is 82.5 Å². The van der Waals surface area contributed by atoms with Crippen molar-refractivity contribution in [3.8, 4) is 0 Å². The summed E-state index contributed by atoms with van der Waals surface area (Å²) in [6, 6.07) is 15.7. The normalized spacial score (nSPS) is 12.6. The van der Waals surface area contributed by atoms with Crippen molar-refractivity contribution in [2.75, 3.05) is 0 Å². The second-order valence-corrected chi connectivity index (χ2v) is 13.5. The molecule has 0 aliphatic rings. The number of aromatic nitrogens is 5.